The minimum Gasteiger partial charge on any atom is -0.348 e. The molecule has 2 aromatic rings. The van der Waals surface area contributed by atoms with Gasteiger partial charge in [-0.3, -0.25) is 9.89 Å². The van der Waals surface area contributed by atoms with Crippen molar-refractivity contribution in [3.05, 3.63) is 29.9 Å². The van der Waals surface area contributed by atoms with Gasteiger partial charge < -0.3 is 9.88 Å². The Hall–Kier alpha value is -2.18. The largest absolute Gasteiger partial charge is 0.348 e. The van der Waals surface area contributed by atoms with E-state index in [-0.39, 0.29) is 12.3 Å². The van der Waals surface area contributed by atoms with Crippen LogP contribution in [-0.2, 0) is 11.2 Å². The maximum Gasteiger partial charge on any atom is 0.230 e. The maximum atomic E-state index is 12.2. The van der Waals surface area contributed by atoms with Crippen LogP contribution in [-0.4, -0.2) is 49.0 Å². The predicted octanol–water partition coefficient (Wildman–Crippen LogP) is 0.785. The molecule has 0 spiro atoms. The summed E-state index contributed by atoms with van der Waals surface area (Å²) in [6.07, 6.45) is 5.80. The lowest BCUT2D eigenvalue weighted by Gasteiger charge is -2.31. The van der Waals surface area contributed by atoms with Gasteiger partial charge in [0.2, 0.25) is 5.91 Å². The zero-order chi connectivity index (χ0) is 13.9. The predicted molar refractivity (Wildman–Crippen MR) is 72.0 cm³/mol. The van der Waals surface area contributed by atoms with Crippen LogP contribution in [0.1, 0.15) is 36.2 Å². The summed E-state index contributed by atoms with van der Waals surface area (Å²) in [6, 6.07) is 0. The van der Waals surface area contributed by atoms with Crippen LogP contribution >= 0.6 is 0 Å². The van der Waals surface area contributed by atoms with Crippen LogP contribution in [0.2, 0.25) is 0 Å². The molecule has 1 amide bonds. The number of aryl methyl sites for hydroxylation is 1. The molecule has 0 bridgehead atoms. The molecule has 1 aliphatic heterocycles. The summed E-state index contributed by atoms with van der Waals surface area (Å²) in [6.45, 7) is 3.37. The molecular weight excluding hydrogens is 256 g/mol. The highest BCUT2D eigenvalue weighted by molar-refractivity contribution is 5.78. The van der Waals surface area contributed by atoms with E-state index in [1.54, 1.807) is 6.20 Å². The molecule has 0 atom stereocenters. The first-order valence-electron chi connectivity index (χ1n) is 6.87. The summed E-state index contributed by atoms with van der Waals surface area (Å²) in [5.41, 5.74) is 0. The number of piperidine rings is 1. The normalized spacial score (nSPS) is 16.6. The topological polar surface area (TPSA) is 90.6 Å². The van der Waals surface area contributed by atoms with Crippen LogP contribution in [0.4, 0.5) is 0 Å². The number of aromatic nitrogens is 5. The van der Waals surface area contributed by atoms with E-state index in [0.717, 1.165) is 37.6 Å². The minimum atomic E-state index is 0.0990. The van der Waals surface area contributed by atoms with Crippen LogP contribution in [0.25, 0.3) is 0 Å². The molecule has 3 heterocycles. The highest BCUT2D eigenvalue weighted by atomic mass is 16.2. The van der Waals surface area contributed by atoms with Gasteiger partial charge in [-0.25, -0.2) is 9.97 Å². The number of carbonyl (C=O) groups is 1. The number of hydrogen-bond acceptors (Lipinski definition) is 4. The molecule has 7 nitrogen and oxygen atoms in total. The van der Waals surface area contributed by atoms with Gasteiger partial charge in [-0.15, -0.1) is 0 Å². The van der Waals surface area contributed by atoms with Crippen molar-refractivity contribution in [1.29, 1.82) is 0 Å². The van der Waals surface area contributed by atoms with Gasteiger partial charge in [0.25, 0.3) is 0 Å². The number of nitrogens with zero attached hydrogens (tertiary/aromatic N) is 4. The zero-order valence-corrected chi connectivity index (χ0v) is 11.5. The van der Waals surface area contributed by atoms with Crippen molar-refractivity contribution >= 4 is 5.91 Å². The molecule has 1 fully saturated rings. The number of carbonyl (C=O) groups excluding carboxylic acids is 1. The van der Waals surface area contributed by atoms with Gasteiger partial charge in [0.05, 0.1) is 6.42 Å². The number of amides is 1. The second kappa shape index (κ2) is 5.44. The van der Waals surface area contributed by atoms with Crippen LogP contribution < -0.4 is 0 Å². The summed E-state index contributed by atoms with van der Waals surface area (Å²) < 4.78 is 0. The van der Waals surface area contributed by atoms with E-state index >= 15 is 0 Å². The van der Waals surface area contributed by atoms with Crippen molar-refractivity contribution in [3.8, 4) is 0 Å². The first kappa shape index (κ1) is 12.8. The van der Waals surface area contributed by atoms with Crippen LogP contribution in [0.15, 0.2) is 12.4 Å². The molecular formula is C13H18N6O. The molecule has 7 heteroatoms. The molecule has 2 N–H and O–H groups in total. The molecule has 3 rings (SSSR count). The second-order valence-corrected chi connectivity index (χ2v) is 5.14. The maximum absolute atomic E-state index is 12.2. The van der Waals surface area contributed by atoms with Crippen LogP contribution in [0.3, 0.4) is 0 Å². The van der Waals surface area contributed by atoms with E-state index in [2.05, 4.69) is 25.1 Å². The van der Waals surface area contributed by atoms with Gasteiger partial charge in [-0.2, -0.15) is 5.10 Å². The number of likely N-dealkylation sites (tertiary alicyclic amines) is 1. The fourth-order valence-electron chi connectivity index (χ4n) is 2.62. The average Bonchev–Trinajstić information content (AvgIpc) is 3.11. The fraction of sp³-hybridized carbons (Fsp3) is 0.538. The standard InChI is InChI=1S/C13H18N6O/c1-9-16-11(18-17-9)8-12(20)19-6-2-10(3-7-19)13-14-4-5-15-13/h4-5,10H,2-3,6-8H2,1H3,(H,14,15)(H,16,17,18). The summed E-state index contributed by atoms with van der Waals surface area (Å²) in [4.78, 5) is 25.7. The van der Waals surface area contributed by atoms with Gasteiger partial charge in [0.15, 0.2) is 5.82 Å². The summed E-state index contributed by atoms with van der Waals surface area (Å²) >= 11 is 0. The first-order valence-corrected chi connectivity index (χ1v) is 6.87. The molecule has 0 aliphatic carbocycles. The Morgan fingerprint density at radius 2 is 2.25 bits per heavy atom. The SMILES string of the molecule is Cc1nc(CC(=O)N2CCC(c3ncc[nH]3)CC2)n[nH]1. The molecule has 0 saturated carbocycles. The molecule has 0 unspecified atom stereocenters. The summed E-state index contributed by atoms with van der Waals surface area (Å²) in [7, 11) is 0. The van der Waals surface area contributed by atoms with Crippen molar-refractivity contribution in [3.63, 3.8) is 0 Å². The van der Waals surface area contributed by atoms with Gasteiger partial charge in [-0.1, -0.05) is 0 Å². The average molecular weight is 274 g/mol. The highest BCUT2D eigenvalue weighted by Gasteiger charge is 2.25. The number of hydrogen-bond donors (Lipinski definition) is 2. The van der Waals surface area contributed by atoms with E-state index in [1.807, 2.05) is 18.0 Å². The van der Waals surface area contributed by atoms with Crippen LogP contribution in [0, 0.1) is 6.92 Å². The molecule has 0 radical (unpaired) electrons. The highest BCUT2D eigenvalue weighted by Crippen LogP contribution is 2.25. The van der Waals surface area contributed by atoms with Crippen molar-refractivity contribution in [2.24, 2.45) is 0 Å². The van der Waals surface area contributed by atoms with E-state index in [9.17, 15) is 4.79 Å². The Morgan fingerprint density at radius 1 is 1.45 bits per heavy atom. The first-order chi connectivity index (χ1) is 9.72. The van der Waals surface area contributed by atoms with Gasteiger partial charge in [0, 0.05) is 31.4 Å². The minimum absolute atomic E-state index is 0.0990. The summed E-state index contributed by atoms with van der Waals surface area (Å²) in [5, 5.41) is 6.77. The lowest BCUT2D eigenvalue weighted by atomic mass is 9.96. The summed E-state index contributed by atoms with van der Waals surface area (Å²) in [5.74, 6) is 2.87. The van der Waals surface area contributed by atoms with E-state index < -0.39 is 0 Å². The zero-order valence-electron chi connectivity index (χ0n) is 11.5. The number of imidazole rings is 1. The van der Waals surface area contributed by atoms with Gasteiger partial charge in [0.1, 0.15) is 11.6 Å². The Bertz CT molecular complexity index is 567. The number of H-pyrrole nitrogens is 2. The van der Waals surface area contributed by atoms with Gasteiger partial charge >= 0.3 is 0 Å². The lowest BCUT2D eigenvalue weighted by molar-refractivity contribution is -0.131. The third-order valence-electron chi connectivity index (χ3n) is 3.71. The van der Waals surface area contributed by atoms with Crippen molar-refractivity contribution in [2.45, 2.75) is 32.1 Å². The molecule has 1 aliphatic rings. The van der Waals surface area contributed by atoms with E-state index in [4.69, 9.17) is 0 Å². The Labute approximate surface area is 116 Å². The van der Waals surface area contributed by atoms with Gasteiger partial charge in [-0.05, 0) is 19.8 Å². The lowest BCUT2D eigenvalue weighted by Crippen LogP contribution is -2.39. The molecule has 2 aromatic heterocycles. The smallest absolute Gasteiger partial charge is 0.230 e. The monoisotopic (exact) mass is 274 g/mol. The number of nitrogens with one attached hydrogen (secondary N) is 2. The van der Waals surface area contributed by atoms with Crippen molar-refractivity contribution in [2.75, 3.05) is 13.1 Å². The quantitative estimate of drug-likeness (QED) is 0.865. The van der Waals surface area contributed by atoms with E-state index in [1.165, 1.54) is 0 Å². The number of rotatable bonds is 3. The van der Waals surface area contributed by atoms with Crippen LogP contribution in [0.5, 0.6) is 0 Å². The van der Waals surface area contributed by atoms with Crippen molar-refractivity contribution in [1.82, 2.24) is 30.0 Å². The molecule has 106 valence electrons. The van der Waals surface area contributed by atoms with Crippen molar-refractivity contribution < 1.29 is 4.79 Å². The molecule has 20 heavy (non-hydrogen) atoms. The number of aromatic amines is 2. The molecule has 0 aromatic carbocycles. The Morgan fingerprint density at radius 3 is 2.85 bits per heavy atom. The second-order valence-electron chi connectivity index (χ2n) is 5.14. The fourth-order valence-corrected chi connectivity index (χ4v) is 2.62. The Balaban J connectivity index is 1.54. The third-order valence-corrected chi connectivity index (χ3v) is 3.71. The Kier molecular flexibility index (Phi) is 3.49. The van der Waals surface area contributed by atoms with E-state index in [0.29, 0.717) is 11.7 Å². The molecule has 1 saturated heterocycles. The third kappa shape index (κ3) is 2.71.